The molecule has 11 heavy (non-hydrogen) atoms. The number of hydrogen-bond donors (Lipinski definition) is 2. The Morgan fingerprint density at radius 1 is 1.73 bits per heavy atom. The number of aromatic amines is 1. The molecule has 0 radical (unpaired) electrons. The molecule has 1 heterocycles. The van der Waals surface area contributed by atoms with E-state index < -0.39 is 0 Å². The van der Waals surface area contributed by atoms with Crippen molar-refractivity contribution < 1.29 is 4.79 Å². The van der Waals surface area contributed by atoms with Gasteiger partial charge in [-0.1, -0.05) is 0 Å². The molecule has 0 aliphatic heterocycles. The Bertz CT molecular complexity index is 216. The summed E-state index contributed by atoms with van der Waals surface area (Å²) in [4.78, 5) is 13.5. The fourth-order valence-corrected chi connectivity index (χ4v) is 0.813. The van der Waals surface area contributed by atoms with Crippen LogP contribution >= 0.6 is 0 Å². The van der Waals surface area contributed by atoms with E-state index in [4.69, 9.17) is 0 Å². The van der Waals surface area contributed by atoms with Gasteiger partial charge in [-0.15, -0.1) is 0 Å². The Kier molecular flexibility index (Phi) is 2.72. The third-order valence-electron chi connectivity index (χ3n) is 1.39. The van der Waals surface area contributed by atoms with Gasteiger partial charge in [0.1, 0.15) is 11.6 Å². The molecule has 0 aliphatic rings. The molecule has 0 aliphatic carbocycles. The predicted molar refractivity (Wildman–Crippen MR) is 44.6 cm³/mol. The number of H-pyrrole nitrogens is 1. The van der Waals surface area contributed by atoms with Crippen molar-refractivity contribution in [3.05, 3.63) is 18.3 Å². The number of aromatic nitrogens is 1. The summed E-state index contributed by atoms with van der Waals surface area (Å²) in [6.45, 7) is 2.30. The number of carbonyl (C=O) groups is 1. The Labute approximate surface area is 65.8 Å². The van der Waals surface area contributed by atoms with Crippen molar-refractivity contribution in [2.75, 3.05) is 11.9 Å². The van der Waals surface area contributed by atoms with Crippen molar-refractivity contribution in [2.24, 2.45) is 0 Å². The third-order valence-corrected chi connectivity index (χ3v) is 1.39. The quantitative estimate of drug-likeness (QED) is 0.685. The first-order valence-corrected chi connectivity index (χ1v) is 3.66. The number of anilines is 1. The lowest BCUT2D eigenvalue weighted by Crippen LogP contribution is -2.05. The molecule has 0 unspecified atom stereocenters. The molecule has 60 valence electrons. The van der Waals surface area contributed by atoms with E-state index in [1.54, 1.807) is 6.92 Å². The fourth-order valence-electron chi connectivity index (χ4n) is 0.813. The van der Waals surface area contributed by atoms with Crippen LogP contribution < -0.4 is 5.32 Å². The van der Waals surface area contributed by atoms with Crippen molar-refractivity contribution >= 4 is 11.6 Å². The molecule has 0 amide bonds. The first-order valence-electron chi connectivity index (χ1n) is 3.66. The molecular formula is C8H12N2O. The summed E-state index contributed by atoms with van der Waals surface area (Å²) < 4.78 is 0. The van der Waals surface area contributed by atoms with E-state index in [2.05, 4.69) is 10.3 Å². The van der Waals surface area contributed by atoms with Gasteiger partial charge >= 0.3 is 0 Å². The summed E-state index contributed by atoms with van der Waals surface area (Å²) in [5, 5.41) is 3.08. The second-order valence-electron chi connectivity index (χ2n) is 2.46. The van der Waals surface area contributed by atoms with Crippen molar-refractivity contribution in [3.63, 3.8) is 0 Å². The number of Topliss-reactive ketones (excluding diaryl/α,β-unsaturated/α-hetero) is 1. The van der Waals surface area contributed by atoms with E-state index in [1.165, 1.54) is 0 Å². The van der Waals surface area contributed by atoms with E-state index in [9.17, 15) is 4.79 Å². The van der Waals surface area contributed by atoms with Crippen LogP contribution in [0.15, 0.2) is 18.3 Å². The highest BCUT2D eigenvalue weighted by Crippen LogP contribution is 2.00. The molecule has 3 nitrogen and oxygen atoms in total. The average molecular weight is 152 g/mol. The predicted octanol–water partition coefficient (Wildman–Crippen LogP) is 1.41. The van der Waals surface area contributed by atoms with E-state index in [0.29, 0.717) is 13.0 Å². The topological polar surface area (TPSA) is 44.9 Å². The molecule has 0 aromatic carbocycles. The molecule has 0 fully saturated rings. The van der Waals surface area contributed by atoms with Crippen LogP contribution in [0.2, 0.25) is 0 Å². The number of hydrogen-bond acceptors (Lipinski definition) is 2. The highest BCUT2D eigenvalue weighted by atomic mass is 16.1. The Balaban J connectivity index is 2.19. The summed E-state index contributed by atoms with van der Waals surface area (Å²) in [6.07, 6.45) is 2.43. The van der Waals surface area contributed by atoms with Crippen LogP contribution in [0, 0.1) is 0 Å². The largest absolute Gasteiger partial charge is 0.371 e. The normalized spacial score (nSPS) is 9.55. The Morgan fingerprint density at radius 2 is 2.55 bits per heavy atom. The number of nitrogens with one attached hydrogen (secondary N) is 2. The molecule has 0 atom stereocenters. The summed E-state index contributed by atoms with van der Waals surface area (Å²) >= 11 is 0. The lowest BCUT2D eigenvalue weighted by atomic mass is 10.3. The molecule has 0 bridgehead atoms. The molecule has 1 aromatic rings. The zero-order valence-electron chi connectivity index (χ0n) is 6.55. The van der Waals surface area contributed by atoms with Gasteiger partial charge in [-0.2, -0.15) is 0 Å². The Hall–Kier alpha value is -1.25. The zero-order chi connectivity index (χ0) is 8.10. The van der Waals surface area contributed by atoms with E-state index in [1.807, 2.05) is 18.3 Å². The number of ketones is 1. The molecule has 0 saturated carbocycles. The summed E-state index contributed by atoms with van der Waals surface area (Å²) in [5.74, 6) is 1.18. The molecule has 3 heteroatoms. The van der Waals surface area contributed by atoms with Crippen LogP contribution in [0.25, 0.3) is 0 Å². The third kappa shape index (κ3) is 2.89. The minimum absolute atomic E-state index is 0.212. The highest BCUT2D eigenvalue weighted by Gasteiger charge is 1.93. The number of carbonyl (C=O) groups excluding carboxylic acids is 1. The van der Waals surface area contributed by atoms with Crippen LogP contribution in [-0.2, 0) is 4.79 Å². The molecule has 0 saturated heterocycles. The monoisotopic (exact) mass is 152 g/mol. The van der Waals surface area contributed by atoms with Crippen LogP contribution in [0.1, 0.15) is 13.3 Å². The number of rotatable bonds is 4. The van der Waals surface area contributed by atoms with E-state index >= 15 is 0 Å². The first-order chi connectivity index (χ1) is 5.29. The van der Waals surface area contributed by atoms with Crippen LogP contribution in [0.3, 0.4) is 0 Å². The molecule has 1 aromatic heterocycles. The minimum Gasteiger partial charge on any atom is -0.371 e. The fraction of sp³-hybridized carbons (Fsp3) is 0.375. The van der Waals surface area contributed by atoms with E-state index in [-0.39, 0.29) is 5.78 Å². The summed E-state index contributed by atoms with van der Waals surface area (Å²) in [7, 11) is 0. The lowest BCUT2D eigenvalue weighted by Gasteiger charge is -1.99. The van der Waals surface area contributed by atoms with E-state index in [0.717, 1.165) is 5.82 Å². The van der Waals surface area contributed by atoms with Gasteiger partial charge in [0.15, 0.2) is 0 Å². The molecule has 2 N–H and O–H groups in total. The smallest absolute Gasteiger partial charge is 0.131 e. The van der Waals surface area contributed by atoms with Gasteiger partial charge in [-0.3, -0.25) is 4.79 Å². The summed E-state index contributed by atoms with van der Waals surface area (Å²) in [6, 6.07) is 3.84. The molecule has 1 rings (SSSR count). The van der Waals surface area contributed by atoms with Crippen molar-refractivity contribution in [3.8, 4) is 0 Å². The zero-order valence-corrected chi connectivity index (χ0v) is 6.55. The molecule has 0 spiro atoms. The van der Waals surface area contributed by atoms with Crippen LogP contribution in [-0.4, -0.2) is 17.3 Å². The average Bonchev–Trinajstić information content (AvgIpc) is 2.39. The second kappa shape index (κ2) is 3.81. The maximum Gasteiger partial charge on any atom is 0.131 e. The van der Waals surface area contributed by atoms with Gasteiger partial charge in [0, 0.05) is 19.2 Å². The second-order valence-corrected chi connectivity index (χ2v) is 2.46. The molecular weight excluding hydrogens is 140 g/mol. The highest BCUT2D eigenvalue weighted by molar-refractivity contribution is 5.75. The van der Waals surface area contributed by atoms with Crippen molar-refractivity contribution in [1.82, 2.24) is 4.98 Å². The lowest BCUT2D eigenvalue weighted by molar-refractivity contribution is -0.116. The van der Waals surface area contributed by atoms with Gasteiger partial charge in [0.05, 0.1) is 0 Å². The standard InChI is InChI=1S/C8H12N2O/c1-7(11)4-6-10-8-3-2-5-9-8/h2-3,5,9-10H,4,6H2,1H3. The van der Waals surface area contributed by atoms with Crippen LogP contribution in [0.4, 0.5) is 5.82 Å². The van der Waals surface area contributed by atoms with Crippen LogP contribution in [0.5, 0.6) is 0 Å². The van der Waals surface area contributed by atoms with Gasteiger partial charge in [0.2, 0.25) is 0 Å². The first kappa shape index (κ1) is 7.85. The Morgan fingerprint density at radius 3 is 3.09 bits per heavy atom. The SMILES string of the molecule is CC(=O)CCNc1ccc[nH]1. The maximum absolute atomic E-state index is 10.5. The van der Waals surface area contributed by atoms with Crippen molar-refractivity contribution in [1.29, 1.82) is 0 Å². The van der Waals surface area contributed by atoms with Gasteiger partial charge in [0.25, 0.3) is 0 Å². The van der Waals surface area contributed by atoms with Crippen molar-refractivity contribution in [2.45, 2.75) is 13.3 Å². The van der Waals surface area contributed by atoms with Gasteiger partial charge in [-0.05, 0) is 19.1 Å². The van der Waals surface area contributed by atoms with Gasteiger partial charge in [-0.25, -0.2) is 0 Å². The minimum atomic E-state index is 0.212. The maximum atomic E-state index is 10.5. The van der Waals surface area contributed by atoms with Gasteiger partial charge < -0.3 is 10.3 Å². The summed E-state index contributed by atoms with van der Waals surface area (Å²) in [5.41, 5.74) is 0.